The highest BCUT2D eigenvalue weighted by molar-refractivity contribution is 7.89. The van der Waals surface area contributed by atoms with E-state index in [1.165, 1.54) is 21.8 Å². The zero-order valence-electron chi connectivity index (χ0n) is 18.2. The van der Waals surface area contributed by atoms with Crippen LogP contribution in [0.4, 0.5) is 5.13 Å². The first-order chi connectivity index (χ1) is 15.3. The van der Waals surface area contributed by atoms with E-state index in [0.29, 0.717) is 36.9 Å². The third-order valence-electron chi connectivity index (χ3n) is 6.26. The Bertz CT molecular complexity index is 1050. The lowest BCUT2D eigenvalue weighted by molar-refractivity contribution is -0.139. The molecule has 174 valence electrons. The summed E-state index contributed by atoms with van der Waals surface area (Å²) < 4.78 is 28.9. The van der Waals surface area contributed by atoms with Crippen molar-refractivity contribution in [2.75, 3.05) is 31.5 Å². The molecular formula is C20H28N6O4S2. The zero-order valence-corrected chi connectivity index (χ0v) is 19.9. The van der Waals surface area contributed by atoms with Gasteiger partial charge >= 0.3 is 0 Å². The molecule has 2 aliphatic rings. The van der Waals surface area contributed by atoms with Gasteiger partial charge in [-0.3, -0.25) is 9.59 Å². The van der Waals surface area contributed by atoms with Gasteiger partial charge in [-0.2, -0.15) is 4.31 Å². The van der Waals surface area contributed by atoms with Crippen LogP contribution in [0.25, 0.3) is 0 Å². The van der Waals surface area contributed by atoms with Crippen LogP contribution in [0.15, 0.2) is 22.8 Å². The normalized spacial score (nSPS) is 20.9. The number of piperidine rings is 2. The van der Waals surface area contributed by atoms with Crippen LogP contribution in [0.1, 0.15) is 31.5 Å². The van der Waals surface area contributed by atoms with Crippen molar-refractivity contribution < 1.29 is 18.0 Å². The number of hydrogen-bond acceptors (Lipinski definition) is 7. The highest BCUT2D eigenvalue weighted by Gasteiger charge is 2.37. The predicted molar refractivity (Wildman–Crippen MR) is 119 cm³/mol. The van der Waals surface area contributed by atoms with Crippen molar-refractivity contribution in [2.24, 2.45) is 18.9 Å². The Hall–Kier alpha value is -2.31. The Morgan fingerprint density at radius 2 is 1.91 bits per heavy atom. The molecule has 2 fully saturated rings. The van der Waals surface area contributed by atoms with E-state index >= 15 is 0 Å². The Morgan fingerprint density at radius 1 is 1.16 bits per heavy atom. The van der Waals surface area contributed by atoms with E-state index in [0.717, 1.165) is 12.8 Å². The van der Waals surface area contributed by atoms with Crippen LogP contribution in [0.2, 0.25) is 0 Å². The second-order valence-electron chi connectivity index (χ2n) is 8.37. The number of rotatable bonds is 5. The first kappa shape index (κ1) is 22.9. The maximum atomic E-state index is 13.1. The monoisotopic (exact) mass is 480 g/mol. The molecule has 32 heavy (non-hydrogen) atoms. The van der Waals surface area contributed by atoms with Crippen molar-refractivity contribution in [1.82, 2.24) is 23.7 Å². The number of nitrogens with zero attached hydrogens (tertiary/aromatic N) is 5. The lowest BCUT2D eigenvalue weighted by atomic mass is 9.92. The van der Waals surface area contributed by atoms with Gasteiger partial charge in [0, 0.05) is 56.9 Å². The molecule has 10 nitrogen and oxygen atoms in total. The van der Waals surface area contributed by atoms with Crippen molar-refractivity contribution in [3.8, 4) is 0 Å². The minimum Gasteiger partial charge on any atom is -0.342 e. The summed E-state index contributed by atoms with van der Waals surface area (Å²) >= 11 is 1.36. The van der Waals surface area contributed by atoms with Crippen LogP contribution in [0.3, 0.4) is 0 Å². The number of carbonyl (C=O) groups excluding carboxylic acids is 2. The first-order valence-corrected chi connectivity index (χ1v) is 13.1. The van der Waals surface area contributed by atoms with Crippen LogP contribution in [-0.4, -0.2) is 70.2 Å². The molecule has 0 spiro atoms. The standard InChI is InChI=1S/C20H28N6O4S2/c1-14-22-17(13-24(14)2)32(29,30)26-9-5-15(6-10-26)19(28)25-8-3-4-16(12-25)18(27)23-20-21-7-11-31-20/h7,11,13,15-16H,3-6,8-10,12H2,1-2H3,(H,21,23,27). The third kappa shape index (κ3) is 4.71. The number of anilines is 1. The minimum absolute atomic E-state index is 0.0162. The number of thiazole rings is 1. The molecule has 0 aromatic carbocycles. The molecule has 12 heteroatoms. The maximum absolute atomic E-state index is 13.1. The third-order valence-corrected chi connectivity index (χ3v) is 8.72. The molecule has 4 rings (SSSR count). The molecule has 2 aliphatic heterocycles. The summed E-state index contributed by atoms with van der Waals surface area (Å²) in [6.45, 7) is 3.35. The fourth-order valence-electron chi connectivity index (χ4n) is 4.27. The number of imidazole rings is 1. The van der Waals surface area contributed by atoms with Gasteiger partial charge in [-0.05, 0) is 32.6 Å². The van der Waals surface area contributed by atoms with Gasteiger partial charge in [0.1, 0.15) is 5.82 Å². The second-order valence-corrected chi connectivity index (χ2v) is 11.1. The van der Waals surface area contributed by atoms with E-state index < -0.39 is 10.0 Å². The van der Waals surface area contributed by atoms with Gasteiger partial charge in [0.25, 0.3) is 10.0 Å². The Kier molecular flexibility index (Phi) is 6.63. The van der Waals surface area contributed by atoms with E-state index in [2.05, 4.69) is 15.3 Å². The molecule has 1 N–H and O–H groups in total. The number of carbonyl (C=O) groups is 2. The fraction of sp³-hybridized carbons (Fsp3) is 0.600. The highest BCUT2D eigenvalue weighted by atomic mass is 32.2. The summed E-state index contributed by atoms with van der Waals surface area (Å²) in [7, 11) is -1.90. The number of nitrogens with one attached hydrogen (secondary N) is 1. The van der Waals surface area contributed by atoms with Crippen LogP contribution >= 0.6 is 11.3 Å². The molecule has 0 aliphatic carbocycles. The number of aryl methyl sites for hydroxylation is 2. The molecule has 4 heterocycles. The predicted octanol–water partition coefficient (Wildman–Crippen LogP) is 1.46. The minimum atomic E-state index is -3.66. The summed E-state index contributed by atoms with van der Waals surface area (Å²) in [5.41, 5.74) is 0. The average Bonchev–Trinajstić information content (AvgIpc) is 3.43. The van der Waals surface area contributed by atoms with Gasteiger partial charge in [-0.1, -0.05) is 0 Å². The Labute approximate surface area is 191 Å². The summed E-state index contributed by atoms with van der Waals surface area (Å²) in [6, 6.07) is 0. The average molecular weight is 481 g/mol. The molecule has 0 bridgehead atoms. The van der Waals surface area contributed by atoms with E-state index in [1.807, 2.05) is 0 Å². The molecule has 2 saturated heterocycles. The van der Waals surface area contributed by atoms with Gasteiger partial charge in [0.15, 0.2) is 10.2 Å². The molecule has 0 radical (unpaired) electrons. The number of aromatic nitrogens is 3. The van der Waals surface area contributed by atoms with Crippen molar-refractivity contribution in [2.45, 2.75) is 37.6 Å². The van der Waals surface area contributed by atoms with Crippen molar-refractivity contribution >= 4 is 38.3 Å². The van der Waals surface area contributed by atoms with Gasteiger partial charge in [0.2, 0.25) is 11.8 Å². The van der Waals surface area contributed by atoms with E-state index in [1.54, 1.807) is 35.0 Å². The maximum Gasteiger partial charge on any atom is 0.262 e. The van der Waals surface area contributed by atoms with Gasteiger partial charge in [-0.25, -0.2) is 18.4 Å². The van der Waals surface area contributed by atoms with E-state index in [9.17, 15) is 18.0 Å². The number of amides is 2. The SMILES string of the molecule is Cc1nc(S(=O)(=O)N2CCC(C(=O)N3CCCC(C(=O)Nc4nccs4)C3)CC2)cn1C. The zero-order chi connectivity index (χ0) is 22.9. The van der Waals surface area contributed by atoms with Crippen molar-refractivity contribution in [1.29, 1.82) is 0 Å². The molecule has 2 aromatic rings. The first-order valence-electron chi connectivity index (χ1n) is 10.7. The quantitative estimate of drug-likeness (QED) is 0.692. The van der Waals surface area contributed by atoms with Gasteiger partial charge in [0.05, 0.1) is 5.92 Å². The smallest absolute Gasteiger partial charge is 0.262 e. The lowest BCUT2D eigenvalue weighted by Crippen LogP contribution is -2.48. The topological polar surface area (TPSA) is 118 Å². The summed E-state index contributed by atoms with van der Waals surface area (Å²) in [4.78, 5) is 35.7. The van der Waals surface area contributed by atoms with Crippen molar-refractivity contribution in [3.63, 3.8) is 0 Å². The van der Waals surface area contributed by atoms with Crippen molar-refractivity contribution in [3.05, 3.63) is 23.6 Å². The highest BCUT2D eigenvalue weighted by Crippen LogP contribution is 2.27. The lowest BCUT2D eigenvalue weighted by Gasteiger charge is -2.36. The molecule has 1 unspecified atom stereocenters. The van der Waals surface area contributed by atoms with Crippen LogP contribution in [0, 0.1) is 18.8 Å². The van der Waals surface area contributed by atoms with Crippen LogP contribution < -0.4 is 5.32 Å². The number of hydrogen-bond donors (Lipinski definition) is 1. The largest absolute Gasteiger partial charge is 0.342 e. The summed E-state index contributed by atoms with van der Waals surface area (Å²) in [6.07, 6.45) is 5.60. The second kappa shape index (κ2) is 9.28. The number of likely N-dealkylation sites (tertiary alicyclic amines) is 1. The molecule has 0 saturated carbocycles. The Balaban J connectivity index is 1.33. The molecule has 2 aromatic heterocycles. The van der Waals surface area contributed by atoms with Gasteiger partial charge in [-0.15, -0.1) is 11.3 Å². The molecule has 1 atom stereocenters. The van der Waals surface area contributed by atoms with Crippen LogP contribution in [0.5, 0.6) is 0 Å². The van der Waals surface area contributed by atoms with Crippen LogP contribution in [-0.2, 0) is 26.7 Å². The number of sulfonamides is 1. The van der Waals surface area contributed by atoms with E-state index in [-0.39, 0.29) is 41.8 Å². The van der Waals surface area contributed by atoms with Gasteiger partial charge < -0.3 is 14.8 Å². The molecule has 2 amide bonds. The fourth-order valence-corrected chi connectivity index (χ4v) is 6.29. The summed E-state index contributed by atoms with van der Waals surface area (Å²) in [5, 5.41) is 5.24. The van der Waals surface area contributed by atoms with E-state index in [4.69, 9.17) is 0 Å². The summed E-state index contributed by atoms with van der Waals surface area (Å²) in [5.74, 6) is 0.0517. The molecular weight excluding hydrogens is 452 g/mol. The Morgan fingerprint density at radius 3 is 2.53 bits per heavy atom.